The summed E-state index contributed by atoms with van der Waals surface area (Å²) in [5.74, 6) is 1.53. The SMILES string of the molecule is C=CCc1ccc(OCc2ccc(C)cc2)c(OC)c1. The maximum atomic E-state index is 5.84. The molecule has 20 heavy (non-hydrogen) atoms. The number of benzene rings is 2. The van der Waals surface area contributed by atoms with Gasteiger partial charge >= 0.3 is 0 Å². The number of methoxy groups -OCH3 is 1. The van der Waals surface area contributed by atoms with Crippen LogP contribution in [0.1, 0.15) is 16.7 Å². The number of allylic oxidation sites excluding steroid dienone is 1. The molecule has 0 aliphatic heterocycles. The maximum Gasteiger partial charge on any atom is 0.161 e. The zero-order valence-electron chi connectivity index (χ0n) is 12.1. The van der Waals surface area contributed by atoms with Gasteiger partial charge in [0, 0.05) is 0 Å². The van der Waals surface area contributed by atoms with E-state index < -0.39 is 0 Å². The van der Waals surface area contributed by atoms with Crippen LogP contribution in [-0.2, 0) is 13.0 Å². The van der Waals surface area contributed by atoms with Crippen molar-refractivity contribution in [3.8, 4) is 11.5 Å². The third-order valence-electron chi connectivity index (χ3n) is 3.12. The molecule has 0 spiro atoms. The Hall–Kier alpha value is -2.22. The molecule has 0 atom stereocenters. The van der Waals surface area contributed by atoms with Crippen molar-refractivity contribution in [3.05, 3.63) is 71.8 Å². The first-order valence-electron chi connectivity index (χ1n) is 6.69. The van der Waals surface area contributed by atoms with Crippen molar-refractivity contribution in [2.24, 2.45) is 0 Å². The fourth-order valence-corrected chi connectivity index (χ4v) is 1.97. The fraction of sp³-hybridized carbons (Fsp3) is 0.222. The van der Waals surface area contributed by atoms with Crippen molar-refractivity contribution < 1.29 is 9.47 Å². The molecule has 2 aromatic rings. The quantitative estimate of drug-likeness (QED) is 0.727. The highest BCUT2D eigenvalue weighted by Crippen LogP contribution is 2.29. The summed E-state index contributed by atoms with van der Waals surface area (Å²) in [5.41, 5.74) is 3.56. The lowest BCUT2D eigenvalue weighted by molar-refractivity contribution is 0.284. The van der Waals surface area contributed by atoms with Crippen LogP contribution >= 0.6 is 0 Å². The highest BCUT2D eigenvalue weighted by molar-refractivity contribution is 5.43. The van der Waals surface area contributed by atoms with Gasteiger partial charge in [-0.25, -0.2) is 0 Å². The second-order valence-corrected chi connectivity index (χ2v) is 4.75. The molecule has 0 amide bonds. The van der Waals surface area contributed by atoms with Crippen LogP contribution in [0.25, 0.3) is 0 Å². The lowest BCUT2D eigenvalue weighted by Gasteiger charge is -2.12. The summed E-state index contributed by atoms with van der Waals surface area (Å²) in [4.78, 5) is 0. The van der Waals surface area contributed by atoms with Gasteiger partial charge in [0.2, 0.25) is 0 Å². The number of aryl methyl sites for hydroxylation is 1. The predicted molar refractivity (Wildman–Crippen MR) is 82.4 cm³/mol. The van der Waals surface area contributed by atoms with E-state index in [-0.39, 0.29) is 0 Å². The normalized spacial score (nSPS) is 10.1. The topological polar surface area (TPSA) is 18.5 Å². The molecule has 0 bridgehead atoms. The molecule has 2 nitrogen and oxygen atoms in total. The Morgan fingerprint density at radius 3 is 2.35 bits per heavy atom. The Morgan fingerprint density at radius 1 is 1.00 bits per heavy atom. The van der Waals surface area contributed by atoms with Crippen molar-refractivity contribution in [1.82, 2.24) is 0 Å². The Labute approximate surface area is 120 Å². The molecule has 2 rings (SSSR count). The Kier molecular flexibility index (Phi) is 4.83. The third kappa shape index (κ3) is 3.64. The largest absolute Gasteiger partial charge is 0.493 e. The summed E-state index contributed by atoms with van der Waals surface area (Å²) in [7, 11) is 1.66. The minimum Gasteiger partial charge on any atom is -0.493 e. The van der Waals surface area contributed by atoms with Gasteiger partial charge in [-0.3, -0.25) is 0 Å². The molecule has 0 aliphatic rings. The molecule has 0 saturated carbocycles. The number of hydrogen-bond donors (Lipinski definition) is 0. The van der Waals surface area contributed by atoms with E-state index in [0.29, 0.717) is 6.61 Å². The average Bonchev–Trinajstić information content (AvgIpc) is 2.47. The van der Waals surface area contributed by atoms with E-state index in [2.05, 4.69) is 37.8 Å². The highest BCUT2D eigenvalue weighted by atomic mass is 16.5. The van der Waals surface area contributed by atoms with E-state index in [0.717, 1.165) is 23.5 Å². The van der Waals surface area contributed by atoms with Gasteiger partial charge in [-0.05, 0) is 36.6 Å². The Morgan fingerprint density at radius 2 is 1.70 bits per heavy atom. The summed E-state index contributed by atoms with van der Waals surface area (Å²) < 4.78 is 11.2. The first-order chi connectivity index (χ1) is 9.72. The Balaban J connectivity index is 2.08. The molecule has 0 unspecified atom stereocenters. The van der Waals surface area contributed by atoms with Crippen LogP contribution in [0.2, 0.25) is 0 Å². The molecule has 104 valence electrons. The van der Waals surface area contributed by atoms with Gasteiger partial charge in [-0.1, -0.05) is 42.0 Å². The molecule has 0 aliphatic carbocycles. The first kappa shape index (κ1) is 14.2. The van der Waals surface area contributed by atoms with Crippen LogP contribution in [-0.4, -0.2) is 7.11 Å². The third-order valence-corrected chi connectivity index (χ3v) is 3.12. The van der Waals surface area contributed by atoms with Crippen LogP contribution < -0.4 is 9.47 Å². The molecule has 0 N–H and O–H groups in total. The lowest BCUT2D eigenvalue weighted by atomic mass is 10.1. The standard InChI is InChI=1S/C18H20O2/c1-4-5-15-10-11-17(18(12-15)19-3)20-13-16-8-6-14(2)7-9-16/h4,6-12H,1,5,13H2,2-3H3. The lowest BCUT2D eigenvalue weighted by Crippen LogP contribution is -1.98. The van der Waals surface area contributed by atoms with Crippen LogP contribution in [0.4, 0.5) is 0 Å². The zero-order chi connectivity index (χ0) is 14.4. The molecular weight excluding hydrogens is 248 g/mol. The van der Waals surface area contributed by atoms with E-state index in [1.54, 1.807) is 7.11 Å². The maximum absolute atomic E-state index is 5.84. The van der Waals surface area contributed by atoms with Gasteiger partial charge in [-0.15, -0.1) is 6.58 Å². The van der Waals surface area contributed by atoms with Crippen molar-refractivity contribution in [2.45, 2.75) is 20.0 Å². The Bertz CT molecular complexity index is 570. The number of ether oxygens (including phenoxy) is 2. The molecular formula is C18H20O2. The van der Waals surface area contributed by atoms with Crippen molar-refractivity contribution in [3.63, 3.8) is 0 Å². The van der Waals surface area contributed by atoms with E-state index in [1.165, 1.54) is 11.1 Å². The zero-order valence-corrected chi connectivity index (χ0v) is 12.1. The van der Waals surface area contributed by atoms with E-state index in [9.17, 15) is 0 Å². The molecule has 0 fully saturated rings. The van der Waals surface area contributed by atoms with Crippen LogP contribution in [0.3, 0.4) is 0 Å². The predicted octanol–water partition coefficient (Wildman–Crippen LogP) is 4.31. The van der Waals surface area contributed by atoms with E-state index >= 15 is 0 Å². The molecule has 2 aromatic carbocycles. The summed E-state index contributed by atoms with van der Waals surface area (Å²) in [5, 5.41) is 0. The van der Waals surface area contributed by atoms with Gasteiger partial charge in [0.05, 0.1) is 7.11 Å². The second kappa shape index (κ2) is 6.80. The van der Waals surface area contributed by atoms with Gasteiger partial charge in [0.15, 0.2) is 11.5 Å². The van der Waals surface area contributed by atoms with E-state index in [1.807, 2.05) is 24.3 Å². The van der Waals surface area contributed by atoms with Gasteiger partial charge in [0.1, 0.15) is 6.61 Å². The minimum atomic E-state index is 0.539. The van der Waals surface area contributed by atoms with Crippen LogP contribution in [0.15, 0.2) is 55.1 Å². The van der Waals surface area contributed by atoms with Gasteiger partial charge < -0.3 is 9.47 Å². The number of hydrogen-bond acceptors (Lipinski definition) is 2. The van der Waals surface area contributed by atoms with Crippen LogP contribution in [0.5, 0.6) is 11.5 Å². The fourth-order valence-electron chi connectivity index (χ4n) is 1.97. The molecule has 0 aromatic heterocycles. The molecule has 0 radical (unpaired) electrons. The summed E-state index contributed by atoms with van der Waals surface area (Å²) in [6, 6.07) is 14.3. The highest BCUT2D eigenvalue weighted by Gasteiger charge is 2.05. The van der Waals surface area contributed by atoms with Crippen molar-refractivity contribution in [2.75, 3.05) is 7.11 Å². The van der Waals surface area contributed by atoms with Gasteiger partial charge in [-0.2, -0.15) is 0 Å². The average molecular weight is 268 g/mol. The summed E-state index contributed by atoms with van der Waals surface area (Å²) in [6.45, 7) is 6.36. The molecule has 2 heteroatoms. The summed E-state index contributed by atoms with van der Waals surface area (Å²) >= 11 is 0. The first-order valence-corrected chi connectivity index (χ1v) is 6.69. The monoisotopic (exact) mass is 268 g/mol. The summed E-state index contributed by atoms with van der Waals surface area (Å²) in [6.07, 6.45) is 2.70. The molecule has 0 saturated heterocycles. The van der Waals surface area contributed by atoms with Crippen molar-refractivity contribution >= 4 is 0 Å². The second-order valence-electron chi connectivity index (χ2n) is 4.75. The molecule has 0 heterocycles. The number of rotatable bonds is 6. The smallest absolute Gasteiger partial charge is 0.161 e. The van der Waals surface area contributed by atoms with Crippen LogP contribution in [0, 0.1) is 6.92 Å². The van der Waals surface area contributed by atoms with Gasteiger partial charge in [0.25, 0.3) is 0 Å². The van der Waals surface area contributed by atoms with E-state index in [4.69, 9.17) is 9.47 Å². The minimum absolute atomic E-state index is 0.539. The van der Waals surface area contributed by atoms with Crippen molar-refractivity contribution in [1.29, 1.82) is 0 Å².